The molecule has 148 valence electrons. The molecule has 0 aliphatic heterocycles. The van der Waals surface area contributed by atoms with E-state index in [1.54, 1.807) is 6.07 Å². The van der Waals surface area contributed by atoms with Gasteiger partial charge in [0, 0.05) is 32.1 Å². The van der Waals surface area contributed by atoms with Crippen LogP contribution in [0.5, 0.6) is 0 Å². The summed E-state index contributed by atoms with van der Waals surface area (Å²) in [7, 11) is -3.61. The second kappa shape index (κ2) is 7.43. The van der Waals surface area contributed by atoms with Crippen molar-refractivity contribution in [3.8, 4) is 6.07 Å². The van der Waals surface area contributed by atoms with Gasteiger partial charge >= 0.3 is 0 Å². The van der Waals surface area contributed by atoms with E-state index >= 15 is 0 Å². The fraction of sp³-hybridized carbons (Fsp3) is 0.250. The van der Waals surface area contributed by atoms with Gasteiger partial charge in [0.1, 0.15) is 22.4 Å². The number of aryl methyl sites for hydroxylation is 1. The van der Waals surface area contributed by atoms with Crippen LogP contribution in [-0.4, -0.2) is 35.5 Å². The van der Waals surface area contributed by atoms with Crippen molar-refractivity contribution in [2.45, 2.75) is 24.7 Å². The van der Waals surface area contributed by atoms with Crippen LogP contribution in [-0.2, 0) is 17.1 Å². The Bertz CT molecular complexity index is 1110. The van der Waals surface area contributed by atoms with Crippen LogP contribution in [0.4, 0.5) is 18.9 Å². The Labute approximate surface area is 158 Å². The Kier molecular flexibility index (Phi) is 5.60. The van der Waals surface area contributed by atoms with Crippen LogP contribution in [0.3, 0.4) is 0 Å². The maximum atomic E-state index is 14.7. The van der Waals surface area contributed by atoms with E-state index in [1.165, 1.54) is 25.4 Å². The Morgan fingerprint density at radius 3 is 2.64 bits per heavy atom. The van der Waals surface area contributed by atoms with Gasteiger partial charge < -0.3 is 9.88 Å². The van der Waals surface area contributed by atoms with Crippen molar-refractivity contribution >= 4 is 27.3 Å². The van der Waals surface area contributed by atoms with Gasteiger partial charge in [-0.3, -0.25) is 4.79 Å². The second-order valence-electron chi connectivity index (χ2n) is 5.80. The largest absolute Gasteiger partial charge is 0.343 e. The number of alkyl halides is 2. The molecule has 0 saturated heterocycles. The van der Waals surface area contributed by atoms with Crippen LogP contribution in [0, 0.1) is 17.1 Å². The number of nitrogens with one attached hydrogen (secondary N) is 1. The topological polar surface area (TPSA) is 117 Å². The minimum absolute atomic E-state index is 0.00118. The number of sulfonamides is 1. The third-order valence-corrected chi connectivity index (χ3v) is 4.96. The number of aromatic nitrogens is 2. The Morgan fingerprint density at radius 2 is 2.07 bits per heavy atom. The SMILES string of the molecule is CC(=NS(=O)(=O)c1cn(C)c(C(=O)Nc2ccnc(C#N)c2)c1F)C(C)(F)F. The minimum atomic E-state index is -4.81. The van der Waals surface area contributed by atoms with Crippen LogP contribution >= 0.6 is 0 Å². The Hall–Kier alpha value is -3.20. The Morgan fingerprint density at radius 1 is 1.43 bits per heavy atom. The van der Waals surface area contributed by atoms with Crippen LogP contribution in [0.2, 0.25) is 0 Å². The number of carbonyl (C=O) groups excluding carboxylic acids is 1. The highest BCUT2D eigenvalue weighted by Gasteiger charge is 2.32. The van der Waals surface area contributed by atoms with Crippen molar-refractivity contribution in [2.75, 3.05) is 5.32 Å². The number of hydrogen-bond acceptors (Lipinski definition) is 5. The first-order valence-corrected chi connectivity index (χ1v) is 9.03. The van der Waals surface area contributed by atoms with Crippen LogP contribution < -0.4 is 5.32 Å². The fourth-order valence-electron chi connectivity index (χ4n) is 2.08. The highest BCUT2D eigenvalue weighted by molar-refractivity contribution is 7.90. The van der Waals surface area contributed by atoms with Gasteiger partial charge in [0.05, 0.1) is 5.71 Å². The minimum Gasteiger partial charge on any atom is -0.343 e. The van der Waals surface area contributed by atoms with Gasteiger partial charge in [0.25, 0.3) is 21.9 Å². The standard InChI is InChI=1S/C16H14F3N5O3S/c1-9(16(2,18)19)23-28(26,27)12-8-24(3)14(13(12)17)15(25)22-10-4-5-21-11(6-10)7-20/h4-6,8H,1-3H3,(H,21,22,25). The lowest BCUT2D eigenvalue weighted by molar-refractivity contribution is 0.0996. The number of anilines is 1. The molecule has 0 spiro atoms. The summed E-state index contributed by atoms with van der Waals surface area (Å²) in [6, 6.07) is 4.33. The molecule has 0 aromatic carbocycles. The lowest BCUT2D eigenvalue weighted by atomic mass is 10.3. The average molecular weight is 413 g/mol. The zero-order valence-electron chi connectivity index (χ0n) is 14.9. The molecule has 0 aliphatic carbocycles. The Balaban J connectivity index is 2.43. The van der Waals surface area contributed by atoms with E-state index in [-0.39, 0.29) is 11.4 Å². The molecular weight excluding hydrogens is 399 g/mol. The molecule has 2 aromatic rings. The van der Waals surface area contributed by atoms with E-state index < -0.39 is 44.0 Å². The van der Waals surface area contributed by atoms with Gasteiger partial charge in [-0.15, -0.1) is 0 Å². The van der Waals surface area contributed by atoms with E-state index in [9.17, 15) is 26.4 Å². The predicted octanol–water partition coefficient (Wildman–Crippen LogP) is 2.49. The molecule has 0 saturated carbocycles. The third kappa shape index (κ3) is 4.37. The van der Waals surface area contributed by atoms with Gasteiger partial charge in [-0.05, 0) is 19.1 Å². The smallest absolute Gasteiger partial charge is 0.286 e. The monoisotopic (exact) mass is 413 g/mol. The summed E-state index contributed by atoms with van der Waals surface area (Å²) in [6.45, 7) is 1.24. The molecule has 8 nitrogen and oxygen atoms in total. The second-order valence-corrected chi connectivity index (χ2v) is 7.38. The zero-order valence-corrected chi connectivity index (χ0v) is 15.7. The van der Waals surface area contributed by atoms with E-state index in [0.29, 0.717) is 6.92 Å². The number of hydrogen-bond donors (Lipinski definition) is 1. The van der Waals surface area contributed by atoms with Crippen molar-refractivity contribution < 1.29 is 26.4 Å². The van der Waals surface area contributed by atoms with E-state index in [2.05, 4.69) is 14.7 Å². The van der Waals surface area contributed by atoms with Crippen molar-refractivity contribution in [3.63, 3.8) is 0 Å². The highest BCUT2D eigenvalue weighted by atomic mass is 32.2. The van der Waals surface area contributed by atoms with E-state index in [0.717, 1.165) is 17.7 Å². The molecule has 12 heteroatoms. The fourth-order valence-corrected chi connectivity index (χ4v) is 3.31. The average Bonchev–Trinajstić information content (AvgIpc) is 2.89. The molecule has 0 fully saturated rings. The van der Waals surface area contributed by atoms with E-state index in [1.807, 2.05) is 0 Å². The van der Waals surface area contributed by atoms with Gasteiger partial charge in [0.15, 0.2) is 5.82 Å². The molecule has 1 amide bonds. The van der Waals surface area contributed by atoms with Crippen molar-refractivity contribution in [2.24, 2.45) is 11.4 Å². The molecule has 1 N–H and O–H groups in total. The molecule has 0 bridgehead atoms. The predicted molar refractivity (Wildman–Crippen MR) is 93.2 cm³/mol. The molecule has 2 aromatic heterocycles. The van der Waals surface area contributed by atoms with Crippen molar-refractivity contribution in [1.29, 1.82) is 5.26 Å². The first-order chi connectivity index (χ1) is 12.9. The number of pyridine rings is 1. The lowest BCUT2D eigenvalue weighted by Crippen LogP contribution is -2.22. The molecule has 2 rings (SSSR count). The summed E-state index contributed by atoms with van der Waals surface area (Å²) >= 11 is 0. The van der Waals surface area contributed by atoms with Gasteiger partial charge in [-0.25, -0.2) is 18.2 Å². The maximum absolute atomic E-state index is 14.7. The maximum Gasteiger partial charge on any atom is 0.286 e. The summed E-state index contributed by atoms with van der Waals surface area (Å²) in [5.74, 6) is -5.97. The lowest BCUT2D eigenvalue weighted by Gasteiger charge is -2.08. The van der Waals surface area contributed by atoms with Crippen LogP contribution in [0.15, 0.2) is 33.8 Å². The third-order valence-electron chi connectivity index (χ3n) is 3.61. The number of nitrogens with zero attached hydrogens (tertiary/aromatic N) is 4. The molecule has 0 aliphatic rings. The normalized spacial score (nSPS) is 12.5. The summed E-state index contributed by atoms with van der Waals surface area (Å²) in [5, 5.41) is 11.1. The quantitative estimate of drug-likeness (QED) is 0.756. The van der Waals surface area contributed by atoms with E-state index in [4.69, 9.17) is 5.26 Å². The summed E-state index contributed by atoms with van der Waals surface area (Å²) in [5.41, 5.74) is -1.56. The van der Waals surface area contributed by atoms with Crippen molar-refractivity contribution in [1.82, 2.24) is 9.55 Å². The van der Waals surface area contributed by atoms with Crippen LogP contribution in [0.1, 0.15) is 30.0 Å². The van der Waals surface area contributed by atoms with Gasteiger partial charge in [-0.2, -0.15) is 18.1 Å². The van der Waals surface area contributed by atoms with Crippen LogP contribution in [0.25, 0.3) is 0 Å². The number of halogens is 3. The van der Waals surface area contributed by atoms with Crippen molar-refractivity contribution in [3.05, 3.63) is 41.7 Å². The molecule has 28 heavy (non-hydrogen) atoms. The number of rotatable bonds is 5. The molecule has 0 unspecified atom stereocenters. The number of amides is 1. The summed E-state index contributed by atoms with van der Waals surface area (Å²) in [6.07, 6.45) is 2.01. The van der Waals surface area contributed by atoms with Gasteiger partial charge in [-0.1, -0.05) is 0 Å². The molecular formula is C16H14F3N5O3S. The summed E-state index contributed by atoms with van der Waals surface area (Å²) < 4.78 is 69.2. The molecule has 0 atom stereocenters. The number of nitriles is 1. The first kappa shape index (κ1) is 21.1. The number of carbonyl (C=O) groups is 1. The van der Waals surface area contributed by atoms with Gasteiger partial charge in [0.2, 0.25) is 0 Å². The summed E-state index contributed by atoms with van der Waals surface area (Å²) in [4.78, 5) is 15.0. The molecule has 0 radical (unpaired) electrons. The zero-order chi connectivity index (χ0) is 21.3. The molecule has 2 heterocycles. The first-order valence-electron chi connectivity index (χ1n) is 7.59. The highest BCUT2D eigenvalue weighted by Crippen LogP contribution is 2.25.